The summed E-state index contributed by atoms with van der Waals surface area (Å²) in [6.45, 7) is 70.0. The van der Waals surface area contributed by atoms with E-state index in [1.54, 1.807) is 0 Å². The average molecular weight is 395 g/mol. The molecule has 0 aliphatic heterocycles. The molecular formula is CH5B35. The van der Waals surface area contributed by atoms with Crippen molar-refractivity contribution in [3.05, 3.63) is 0 Å². The molecule has 0 amide bonds. The zero-order chi connectivity index (χ0) is 26.0. The van der Waals surface area contributed by atoms with E-state index in [4.69, 9.17) is 0 Å². The summed E-state index contributed by atoms with van der Waals surface area (Å²) in [5, 5.41) is 0. The van der Waals surface area contributed by atoms with Gasteiger partial charge in [-0.05, 0) is 0 Å². The zero-order valence-corrected chi connectivity index (χ0v) is 21.6. The van der Waals surface area contributed by atoms with Crippen molar-refractivity contribution in [2.45, 2.75) is 6.82 Å². The Hall–Kier alpha value is 2.27. The van der Waals surface area contributed by atoms with Crippen LogP contribution in [0.2, 0.25) is 6.82 Å². The van der Waals surface area contributed by atoms with Crippen LogP contribution < -0.4 is 0 Å². The molecule has 0 heterocycles. The summed E-state index contributed by atoms with van der Waals surface area (Å²) < 4.78 is 0. The fraction of sp³-hybridized carbons (Fsp3) is 1.00. The molecule has 0 bridgehead atoms. The van der Waals surface area contributed by atoms with Crippen molar-refractivity contribution < 1.29 is 0 Å². The molecule has 0 rings (SSSR count). The van der Waals surface area contributed by atoms with Crippen molar-refractivity contribution >= 4 is 235 Å². The van der Waals surface area contributed by atoms with Gasteiger partial charge >= 0.3 is 242 Å². The monoisotopic (exact) mass is 402 g/mol. The maximum absolute atomic E-state index is 2.00. The second kappa shape index (κ2) is 37.3. The molecule has 0 aromatic carbocycles. The molecule has 0 fully saturated rings. The van der Waals surface area contributed by atoms with Crippen LogP contribution in [0.1, 0.15) is 0 Å². The predicted molar refractivity (Wildman–Crippen MR) is 210 cm³/mol. The Balaban J connectivity index is 4.00. The maximum atomic E-state index is 2.00. The van der Waals surface area contributed by atoms with Gasteiger partial charge in [-0.1, -0.05) is 0 Å². The van der Waals surface area contributed by atoms with Gasteiger partial charge in [0.05, 0.1) is 0 Å². The van der Waals surface area contributed by atoms with E-state index in [1.807, 2.05) is 242 Å². The number of hydrogen-bond donors (Lipinski definition) is 0. The fourth-order valence-electron chi connectivity index (χ4n) is 2.15. The van der Waals surface area contributed by atoms with Gasteiger partial charge in [-0.2, -0.15) is 0 Å². The molecule has 0 radical (unpaired) electrons. The molecule has 114 valence electrons. The summed E-state index contributed by atoms with van der Waals surface area (Å²) in [6, 6.07) is 0. The first-order valence-electron chi connectivity index (χ1n) is 12.2. The van der Waals surface area contributed by atoms with E-state index >= 15 is 0 Å². The van der Waals surface area contributed by atoms with Crippen LogP contribution in [0.5, 0.6) is 0 Å². The second-order valence-corrected chi connectivity index (χ2v) is 6.83. The molecule has 0 aliphatic rings. The third-order valence-corrected chi connectivity index (χ3v) is 3.83. The molecule has 0 aromatic heterocycles. The SMILES string of the molecule is BB=BB=BB=BB=BB=BB=BB=BB=BB=BB=BB=BB=BB=BB=BB=BB=BB=BC. The van der Waals surface area contributed by atoms with Crippen LogP contribution in [-0.2, 0) is 0 Å². The van der Waals surface area contributed by atoms with E-state index in [0.29, 0.717) is 0 Å². The van der Waals surface area contributed by atoms with Gasteiger partial charge < -0.3 is 0 Å². The molecule has 0 nitrogen and oxygen atoms in total. The molecule has 0 unspecified atom stereocenters. The third-order valence-electron chi connectivity index (χ3n) is 3.83. The van der Waals surface area contributed by atoms with Gasteiger partial charge in [-0.25, -0.2) is 0 Å². The summed E-state index contributed by atoms with van der Waals surface area (Å²) in [4.78, 5) is 0. The molecule has 0 saturated heterocycles. The summed E-state index contributed by atoms with van der Waals surface area (Å²) in [7, 11) is 2.00. The van der Waals surface area contributed by atoms with Crippen molar-refractivity contribution in [1.82, 2.24) is 0 Å². The first-order chi connectivity index (χ1) is 17.9. The van der Waals surface area contributed by atoms with E-state index in [9.17, 15) is 0 Å². The molecule has 0 atom stereocenters. The normalized spacial score (nSPS) is 7.69. The standard InChI is InChI=1S/CH5B35/c1-3-5-7-9-11-13-15-17-19-21-23-25-27-29-31-33-35-36-34-32-30-28-26-24-22-20-18-16-14-12-10-8-6-4-2/h2H2,1H3. The van der Waals surface area contributed by atoms with Crippen molar-refractivity contribution in [3.63, 3.8) is 0 Å². The molecule has 35 heteroatoms. The van der Waals surface area contributed by atoms with E-state index in [0.717, 1.165) is 0 Å². The Bertz CT molecular complexity index is 944. The fourth-order valence-corrected chi connectivity index (χ4v) is 2.15. The van der Waals surface area contributed by atoms with E-state index in [1.165, 1.54) is 0 Å². The molecule has 0 N–H and O–H groups in total. The summed E-state index contributed by atoms with van der Waals surface area (Å²) in [6.07, 6.45) is 0. The zero-order valence-electron chi connectivity index (χ0n) is 21.6. The van der Waals surface area contributed by atoms with Gasteiger partial charge in [0.1, 0.15) is 0 Å². The Labute approximate surface area is 240 Å². The van der Waals surface area contributed by atoms with Crippen molar-refractivity contribution in [1.29, 1.82) is 0 Å². The van der Waals surface area contributed by atoms with Crippen LogP contribution in [0.3, 0.4) is 0 Å². The van der Waals surface area contributed by atoms with Crippen LogP contribution in [0, 0.1) is 0 Å². The molecule has 0 saturated carbocycles. The van der Waals surface area contributed by atoms with Gasteiger partial charge in [0, 0.05) is 0 Å². The average Bonchev–Trinajstić information content (AvgIpc) is 2.89. The van der Waals surface area contributed by atoms with Gasteiger partial charge in [-0.3, -0.25) is 0 Å². The molecule has 36 heavy (non-hydrogen) atoms. The van der Waals surface area contributed by atoms with E-state index in [2.05, 4.69) is 0 Å². The molecule has 0 aliphatic carbocycles. The Morgan fingerprint density at radius 1 is 0.222 bits per heavy atom. The summed E-state index contributed by atoms with van der Waals surface area (Å²) in [5.74, 6) is 0. The van der Waals surface area contributed by atoms with Gasteiger partial charge in [0.2, 0.25) is 0 Å². The van der Waals surface area contributed by atoms with Crippen molar-refractivity contribution in [3.8, 4) is 0 Å². The Kier molecular flexibility index (Phi) is 39.6. The van der Waals surface area contributed by atoms with Crippen LogP contribution >= 0.6 is 0 Å². The third kappa shape index (κ3) is 36.3. The van der Waals surface area contributed by atoms with Gasteiger partial charge in [0.15, 0.2) is 0 Å². The Morgan fingerprint density at radius 2 is 0.361 bits per heavy atom. The molecular weight excluding hydrogens is 390 g/mol. The van der Waals surface area contributed by atoms with Crippen molar-refractivity contribution in [2.24, 2.45) is 0 Å². The molecule has 0 aromatic rings. The van der Waals surface area contributed by atoms with Crippen LogP contribution in [-0.4, -0.2) is 235 Å². The topological polar surface area (TPSA) is 0 Å². The Morgan fingerprint density at radius 3 is 0.500 bits per heavy atom. The minimum absolute atomic E-state index is 2.00. The summed E-state index contributed by atoms with van der Waals surface area (Å²) in [5.41, 5.74) is 0. The van der Waals surface area contributed by atoms with Gasteiger partial charge in [0.25, 0.3) is 0 Å². The number of hydrogen-bond acceptors (Lipinski definition) is 0. The molecule has 0 spiro atoms. The second-order valence-electron chi connectivity index (χ2n) is 6.83. The van der Waals surface area contributed by atoms with Crippen LogP contribution in [0.4, 0.5) is 0 Å². The first-order valence-corrected chi connectivity index (χ1v) is 12.2. The first kappa shape index (κ1) is 38.3. The van der Waals surface area contributed by atoms with E-state index in [-0.39, 0.29) is 0 Å². The minimum atomic E-state index is 2.00. The van der Waals surface area contributed by atoms with E-state index < -0.39 is 0 Å². The predicted octanol–water partition coefficient (Wildman–Crippen LogP) is -13.3. The van der Waals surface area contributed by atoms with Crippen LogP contribution in [0.25, 0.3) is 0 Å². The number of rotatable bonds is 16. The summed E-state index contributed by atoms with van der Waals surface area (Å²) >= 11 is 0. The quantitative estimate of drug-likeness (QED) is 0.228. The van der Waals surface area contributed by atoms with Crippen LogP contribution in [0.15, 0.2) is 0 Å². The van der Waals surface area contributed by atoms with Crippen molar-refractivity contribution in [2.75, 3.05) is 0 Å². The van der Waals surface area contributed by atoms with Gasteiger partial charge in [-0.15, -0.1) is 0 Å².